The molecule has 1 amide bonds. The zero-order chi connectivity index (χ0) is 28.3. The molecule has 210 valence electrons. The number of nitrogens with zero attached hydrogens (tertiary/aromatic N) is 2. The summed E-state index contributed by atoms with van der Waals surface area (Å²) in [7, 11) is -3.32. The third-order valence-corrected chi connectivity index (χ3v) is 9.39. The number of carbonyl (C=O) groups excluding carboxylic acids is 1. The number of carbonyl (C=O) groups is 1. The number of benzene rings is 3. The summed E-state index contributed by atoms with van der Waals surface area (Å²) in [5, 5.41) is 0. The van der Waals surface area contributed by atoms with Gasteiger partial charge in [0.2, 0.25) is 0 Å². The number of pyridine rings is 1. The summed E-state index contributed by atoms with van der Waals surface area (Å²) in [5.41, 5.74) is 4.32. The molecule has 8 heteroatoms. The van der Waals surface area contributed by atoms with Gasteiger partial charge in [0.05, 0.1) is 17.2 Å². The summed E-state index contributed by atoms with van der Waals surface area (Å²) in [6.07, 6.45) is 4.63. The van der Waals surface area contributed by atoms with E-state index in [9.17, 15) is 13.2 Å². The van der Waals surface area contributed by atoms with E-state index in [1.807, 2.05) is 48.5 Å². The third-order valence-electron chi connectivity index (χ3n) is 7.89. The van der Waals surface area contributed by atoms with Crippen molar-refractivity contribution < 1.29 is 22.7 Å². The first kappa shape index (κ1) is 27.0. The largest absolute Gasteiger partial charge is 0.487 e. The monoisotopic (exact) mass is 568 g/mol. The molecule has 1 fully saturated rings. The topological polar surface area (TPSA) is 85.8 Å². The number of aryl methyl sites for hydroxylation is 1. The highest BCUT2D eigenvalue weighted by atomic mass is 32.2. The van der Waals surface area contributed by atoms with Gasteiger partial charge in [-0.3, -0.25) is 4.98 Å². The molecule has 3 aromatic carbocycles. The Morgan fingerprint density at radius 1 is 0.854 bits per heavy atom. The predicted molar refractivity (Wildman–Crippen MR) is 157 cm³/mol. The van der Waals surface area contributed by atoms with Crippen molar-refractivity contribution in [3.8, 4) is 22.6 Å². The summed E-state index contributed by atoms with van der Waals surface area (Å²) in [4.78, 5) is 18.5. The SMILES string of the molecule is O=C(Oc1ccccc1)N1CCC2(CCc3cc(-c4ccc(CS(=O)(=O)Cc5ccccn5)cc4)ccc3O2)CC1. The van der Waals surface area contributed by atoms with Crippen LogP contribution in [0.5, 0.6) is 11.5 Å². The van der Waals surface area contributed by atoms with E-state index in [0.717, 1.165) is 48.1 Å². The van der Waals surface area contributed by atoms with Gasteiger partial charge < -0.3 is 14.4 Å². The number of hydrogen-bond donors (Lipinski definition) is 0. The van der Waals surface area contributed by atoms with Crippen molar-refractivity contribution >= 4 is 15.9 Å². The molecule has 2 aliphatic heterocycles. The first-order valence-electron chi connectivity index (χ1n) is 13.9. The highest BCUT2D eigenvalue weighted by Crippen LogP contribution is 2.41. The molecular weight excluding hydrogens is 536 g/mol. The van der Waals surface area contributed by atoms with Crippen LogP contribution >= 0.6 is 0 Å². The van der Waals surface area contributed by atoms with E-state index >= 15 is 0 Å². The van der Waals surface area contributed by atoms with Gasteiger partial charge in [0.15, 0.2) is 9.84 Å². The quantitative estimate of drug-likeness (QED) is 0.274. The van der Waals surface area contributed by atoms with Gasteiger partial charge in [-0.2, -0.15) is 0 Å². The second-order valence-electron chi connectivity index (χ2n) is 10.8. The lowest BCUT2D eigenvalue weighted by molar-refractivity contribution is -0.00948. The lowest BCUT2D eigenvalue weighted by atomic mass is 9.82. The minimum absolute atomic E-state index is 0.0224. The second kappa shape index (κ2) is 11.4. The van der Waals surface area contributed by atoms with Crippen molar-refractivity contribution in [1.82, 2.24) is 9.88 Å². The number of piperidine rings is 1. The molecular formula is C33H32N2O5S. The van der Waals surface area contributed by atoms with E-state index in [0.29, 0.717) is 24.5 Å². The van der Waals surface area contributed by atoms with Crippen molar-refractivity contribution in [2.45, 2.75) is 42.8 Å². The van der Waals surface area contributed by atoms with Crippen molar-refractivity contribution in [3.05, 3.63) is 114 Å². The average molecular weight is 569 g/mol. The van der Waals surface area contributed by atoms with Crippen LogP contribution in [0, 0.1) is 0 Å². The molecule has 3 heterocycles. The number of aromatic nitrogens is 1. The molecule has 0 bridgehead atoms. The van der Waals surface area contributed by atoms with Crippen LogP contribution in [-0.4, -0.2) is 43.1 Å². The molecule has 0 aliphatic carbocycles. The van der Waals surface area contributed by atoms with Crippen LogP contribution in [0.2, 0.25) is 0 Å². The maximum absolute atomic E-state index is 12.7. The van der Waals surface area contributed by atoms with Gasteiger partial charge in [0, 0.05) is 32.1 Å². The van der Waals surface area contributed by atoms with E-state index in [1.54, 1.807) is 41.4 Å². The molecule has 1 aromatic heterocycles. The predicted octanol–water partition coefficient (Wildman–Crippen LogP) is 6.22. The number of ether oxygens (including phenoxy) is 2. The van der Waals surface area contributed by atoms with Gasteiger partial charge in [-0.05, 0) is 71.5 Å². The fraction of sp³-hybridized carbons (Fsp3) is 0.273. The van der Waals surface area contributed by atoms with Crippen LogP contribution in [0.15, 0.2) is 97.2 Å². The molecule has 41 heavy (non-hydrogen) atoms. The van der Waals surface area contributed by atoms with Gasteiger partial charge in [0.25, 0.3) is 0 Å². The minimum atomic E-state index is -3.32. The second-order valence-corrected chi connectivity index (χ2v) is 12.9. The Hall–Kier alpha value is -4.17. The third kappa shape index (κ3) is 6.43. The maximum atomic E-state index is 12.7. The van der Waals surface area contributed by atoms with Crippen molar-refractivity contribution in [3.63, 3.8) is 0 Å². The number of hydrogen-bond acceptors (Lipinski definition) is 6. The van der Waals surface area contributed by atoms with Crippen LogP contribution in [0.25, 0.3) is 11.1 Å². The molecule has 1 saturated heterocycles. The van der Waals surface area contributed by atoms with Gasteiger partial charge >= 0.3 is 6.09 Å². The van der Waals surface area contributed by atoms with Crippen LogP contribution in [0.3, 0.4) is 0 Å². The van der Waals surface area contributed by atoms with Gasteiger partial charge in [0.1, 0.15) is 17.1 Å². The van der Waals surface area contributed by atoms with Crippen LogP contribution in [0.1, 0.15) is 36.1 Å². The van der Waals surface area contributed by atoms with E-state index in [-0.39, 0.29) is 23.2 Å². The summed E-state index contributed by atoms with van der Waals surface area (Å²) >= 11 is 0. The summed E-state index contributed by atoms with van der Waals surface area (Å²) in [5.74, 6) is 1.36. The van der Waals surface area contributed by atoms with E-state index in [1.165, 1.54) is 5.56 Å². The number of fused-ring (bicyclic) bond motifs is 1. The first-order chi connectivity index (χ1) is 19.9. The van der Waals surface area contributed by atoms with E-state index in [4.69, 9.17) is 9.47 Å². The van der Waals surface area contributed by atoms with Crippen LogP contribution in [0.4, 0.5) is 4.79 Å². The number of para-hydroxylation sites is 1. The smallest absolute Gasteiger partial charge is 0.415 e. The molecule has 1 spiro atoms. The number of sulfone groups is 1. The lowest BCUT2D eigenvalue weighted by Gasteiger charge is -2.44. The highest BCUT2D eigenvalue weighted by Gasteiger charge is 2.41. The molecule has 0 radical (unpaired) electrons. The van der Waals surface area contributed by atoms with Gasteiger partial charge in [-0.25, -0.2) is 13.2 Å². The standard InChI is InChI=1S/C33H32N2O5S/c36-32(39-30-7-2-1-3-8-30)35-20-17-33(18-21-35)16-15-28-22-27(13-14-31(28)40-33)26-11-9-25(10-12-26)23-41(37,38)24-29-6-4-5-19-34-29/h1-14,19,22H,15-18,20-21,23-24H2. The molecule has 2 aliphatic rings. The Kier molecular flexibility index (Phi) is 7.49. The summed E-state index contributed by atoms with van der Waals surface area (Å²) in [6.45, 7) is 1.20. The minimum Gasteiger partial charge on any atom is -0.487 e. The molecule has 7 nitrogen and oxygen atoms in total. The maximum Gasteiger partial charge on any atom is 0.415 e. The first-order valence-corrected chi connectivity index (χ1v) is 15.7. The Morgan fingerprint density at radius 3 is 2.32 bits per heavy atom. The normalized spacial score (nSPS) is 16.0. The molecule has 0 atom stereocenters. The molecule has 6 rings (SSSR count). The molecule has 0 saturated carbocycles. The number of amides is 1. The number of rotatable bonds is 6. The zero-order valence-electron chi connectivity index (χ0n) is 22.7. The van der Waals surface area contributed by atoms with Gasteiger partial charge in [-0.1, -0.05) is 54.6 Å². The zero-order valence-corrected chi connectivity index (χ0v) is 23.6. The summed E-state index contributed by atoms with van der Waals surface area (Å²) in [6, 6.07) is 28.4. The number of likely N-dealkylation sites (tertiary alicyclic amines) is 1. The summed E-state index contributed by atoms with van der Waals surface area (Å²) < 4.78 is 37.4. The Bertz CT molecular complexity index is 1620. The van der Waals surface area contributed by atoms with Crippen LogP contribution < -0.4 is 9.47 Å². The lowest BCUT2D eigenvalue weighted by Crippen LogP contribution is -2.51. The molecule has 0 N–H and O–H groups in total. The highest BCUT2D eigenvalue weighted by molar-refractivity contribution is 7.89. The van der Waals surface area contributed by atoms with E-state index < -0.39 is 9.84 Å². The fourth-order valence-electron chi connectivity index (χ4n) is 5.61. The Morgan fingerprint density at radius 2 is 1.59 bits per heavy atom. The van der Waals surface area contributed by atoms with Gasteiger partial charge in [-0.15, -0.1) is 0 Å². The van der Waals surface area contributed by atoms with Crippen molar-refractivity contribution in [2.24, 2.45) is 0 Å². The molecule has 0 unspecified atom stereocenters. The fourth-order valence-corrected chi connectivity index (χ4v) is 7.03. The van der Waals surface area contributed by atoms with Crippen molar-refractivity contribution in [2.75, 3.05) is 13.1 Å². The Labute approximate surface area is 240 Å². The molecule has 4 aromatic rings. The average Bonchev–Trinajstić information content (AvgIpc) is 2.98. The Balaban J connectivity index is 1.06. The van der Waals surface area contributed by atoms with E-state index in [2.05, 4.69) is 17.1 Å². The van der Waals surface area contributed by atoms with Crippen molar-refractivity contribution in [1.29, 1.82) is 0 Å². The van der Waals surface area contributed by atoms with Crippen LogP contribution in [-0.2, 0) is 27.8 Å².